The highest BCUT2D eigenvalue weighted by Crippen LogP contribution is 2.30. The number of ether oxygens (including phenoxy) is 2. The molecule has 0 bridgehead atoms. The molecule has 5 rings (SSSR count). The molecule has 0 aliphatic heterocycles. The van der Waals surface area contributed by atoms with Gasteiger partial charge in [-0.1, -0.05) is 47.5 Å². The number of methoxy groups -OCH3 is 1. The Balaban J connectivity index is 1.41. The molecule has 38 heavy (non-hydrogen) atoms. The fraction of sp³-hybridized carbons (Fsp3) is 0.107. The highest BCUT2D eigenvalue weighted by Gasteiger charge is 2.17. The number of hydrogen-bond donors (Lipinski definition) is 1. The summed E-state index contributed by atoms with van der Waals surface area (Å²) >= 11 is 13.8. The van der Waals surface area contributed by atoms with Crippen molar-refractivity contribution >= 4 is 46.1 Å². The monoisotopic (exact) mass is 564 g/mol. The number of anilines is 1. The average Bonchev–Trinajstić information content (AvgIpc) is 3.62. The maximum atomic E-state index is 12.6. The smallest absolute Gasteiger partial charge is 0.336 e. The Hall–Kier alpha value is -3.85. The van der Waals surface area contributed by atoms with Crippen LogP contribution in [-0.4, -0.2) is 34.4 Å². The second-order valence-corrected chi connectivity index (χ2v) is 9.95. The van der Waals surface area contributed by atoms with Crippen molar-refractivity contribution in [1.29, 1.82) is 0 Å². The lowest BCUT2D eigenvalue weighted by atomic mass is 10.1. The molecular formula is C28H22Cl2N4O3S. The first-order chi connectivity index (χ1) is 18.5. The first kappa shape index (κ1) is 25.8. The fourth-order valence-corrected chi connectivity index (χ4v) is 4.64. The van der Waals surface area contributed by atoms with Crippen molar-refractivity contribution < 1.29 is 14.3 Å². The molecule has 10 heteroatoms. The first-order valence-electron chi connectivity index (χ1n) is 11.6. The molecule has 0 unspecified atom stereocenters. The molecule has 5 aromatic rings. The zero-order valence-corrected chi connectivity index (χ0v) is 22.6. The summed E-state index contributed by atoms with van der Waals surface area (Å²) in [6.07, 6.45) is 0.672. The van der Waals surface area contributed by atoms with Gasteiger partial charge in [-0.3, -0.25) is 4.79 Å². The number of carbonyl (C=O) groups is 1. The van der Waals surface area contributed by atoms with Crippen LogP contribution in [0, 0.1) is 0 Å². The van der Waals surface area contributed by atoms with Crippen molar-refractivity contribution in [1.82, 2.24) is 14.8 Å². The van der Waals surface area contributed by atoms with Crippen molar-refractivity contribution in [3.63, 3.8) is 0 Å². The Labute approximate surface area is 233 Å². The molecule has 2 heterocycles. The fourth-order valence-electron chi connectivity index (χ4n) is 3.72. The molecule has 0 atom stereocenters. The number of benzene rings is 3. The van der Waals surface area contributed by atoms with Gasteiger partial charge < -0.3 is 14.8 Å². The number of nitrogens with one attached hydrogen (secondary N) is 1. The lowest BCUT2D eigenvalue weighted by Crippen LogP contribution is -2.10. The quantitative estimate of drug-likeness (QED) is 0.205. The third kappa shape index (κ3) is 5.99. The number of carbonyl (C=O) groups excluding carboxylic acids is 1. The lowest BCUT2D eigenvalue weighted by molar-refractivity contribution is 0.103. The summed E-state index contributed by atoms with van der Waals surface area (Å²) in [5, 5.41) is 10.2. The van der Waals surface area contributed by atoms with Gasteiger partial charge in [0.15, 0.2) is 5.82 Å². The Kier molecular flexibility index (Phi) is 7.93. The molecule has 0 aliphatic carbocycles. The summed E-state index contributed by atoms with van der Waals surface area (Å²) in [4.78, 5) is 17.8. The molecule has 0 radical (unpaired) electrons. The second kappa shape index (κ2) is 11.7. The van der Waals surface area contributed by atoms with E-state index in [2.05, 4.69) is 15.4 Å². The molecule has 3 aromatic carbocycles. The van der Waals surface area contributed by atoms with E-state index >= 15 is 0 Å². The third-order valence-corrected chi connectivity index (χ3v) is 7.25. The van der Waals surface area contributed by atoms with Gasteiger partial charge >= 0.3 is 6.01 Å². The summed E-state index contributed by atoms with van der Waals surface area (Å²) < 4.78 is 12.8. The number of rotatable bonds is 9. The molecule has 0 saturated carbocycles. The highest BCUT2D eigenvalue weighted by molar-refractivity contribution is 7.12. The average molecular weight is 565 g/mol. The minimum Gasteiger partial charge on any atom is -0.497 e. The van der Waals surface area contributed by atoms with E-state index in [9.17, 15) is 4.79 Å². The summed E-state index contributed by atoms with van der Waals surface area (Å²) in [6.45, 7) is 0.383. The van der Waals surface area contributed by atoms with Gasteiger partial charge in [0.05, 0.1) is 34.3 Å². The van der Waals surface area contributed by atoms with Crippen LogP contribution < -0.4 is 14.8 Å². The predicted octanol–water partition coefficient (Wildman–Crippen LogP) is 7.19. The van der Waals surface area contributed by atoms with E-state index in [1.807, 2.05) is 66.0 Å². The Morgan fingerprint density at radius 2 is 1.84 bits per heavy atom. The SMILES string of the molecule is COc1ccc(CCOc2nc(-c3ccc(Cl)c(Cl)c3)n(-c3cccc(NC(=O)c4cccs4)c3)n2)cc1. The molecule has 0 spiro atoms. The maximum absolute atomic E-state index is 12.6. The molecule has 7 nitrogen and oxygen atoms in total. The molecule has 2 aromatic heterocycles. The van der Waals surface area contributed by atoms with Crippen LogP contribution in [0.1, 0.15) is 15.2 Å². The first-order valence-corrected chi connectivity index (χ1v) is 13.3. The van der Waals surface area contributed by atoms with Gasteiger partial charge in [0, 0.05) is 17.7 Å². The minimum absolute atomic E-state index is 0.178. The van der Waals surface area contributed by atoms with Crippen molar-refractivity contribution in [3.05, 3.63) is 105 Å². The summed E-state index contributed by atoms with van der Waals surface area (Å²) in [5.41, 5.74) is 3.13. The van der Waals surface area contributed by atoms with Crippen molar-refractivity contribution in [2.24, 2.45) is 0 Å². The summed E-state index contributed by atoms with van der Waals surface area (Å²) in [7, 11) is 1.64. The molecule has 1 N–H and O–H groups in total. The standard InChI is InChI=1S/C28H22Cl2N4O3S/c1-36-22-10-7-18(8-11-22)13-14-37-28-32-26(19-9-12-23(29)24(30)16-19)34(33-28)21-5-2-4-20(17-21)31-27(35)25-6-3-15-38-25/h2-12,15-17H,13-14H2,1H3,(H,31,35). The summed E-state index contributed by atoms with van der Waals surface area (Å²) in [6, 6.07) is 24.2. The van der Waals surface area contributed by atoms with E-state index in [0.29, 0.717) is 50.7 Å². The van der Waals surface area contributed by atoms with Crippen LogP contribution >= 0.6 is 34.5 Å². The van der Waals surface area contributed by atoms with Crippen LogP contribution in [0.25, 0.3) is 17.1 Å². The van der Waals surface area contributed by atoms with Gasteiger partial charge in [-0.15, -0.1) is 16.4 Å². The van der Waals surface area contributed by atoms with Crippen LogP contribution in [-0.2, 0) is 6.42 Å². The lowest BCUT2D eigenvalue weighted by Gasteiger charge is -2.09. The van der Waals surface area contributed by atoms with Gasteiger partial charge in [-0.25, -0.2) is 4.68 Å². The van der Waals surface area contributed by atoms with Crippen LogP contribution in [0.5, 0.6) is 11.8 Å². The molecule has 1 amide bonds. The zero-order valence-electron chi connectivity index (χ0n) is 20.2. The number of thiophene rings is 1. The number of hydrogen-bond acceptors (Lipinski definition) is 6. The molecule has 0 fully saturated rings. The zero-order chi connectivity index (χ0) is 26.5. The maximum Gasteiger partial charge on any atom is 0.336 e. The van der Waals surface area contributed by atoms with Crippen molar-refractivity contribution in [2.45, 2.75) is 6.42 Å². The van der Waals surface area contributed by atoms with Crippen molar-refractivity contribution in [3.8, 4) is 28.8 Å². The van der Waals surface area contributed by atoms with Crippen LogP contribution in [0.4, 0.5) is 5.69 Å². The van der Waals surface area contributed by atoms with E-state index in [1.54, 1.807) is 30.0 Å². The second-order valence-electron chi connectivity index (χ2n) is 8.19. The van der Waals surface area contributed by atoms with Gasteiger partial charge in [-0.2, -0.15) is 4.98 Å². The largest absolute Gasteiger partial charge is 0.497 e. The Bertz CT molecular complexity index is 1550. The van der Waals surface area contributed by atoms with Gasteiger partial charge in [0.25, 0.3) is 5.91 Å². The Morgan fingerprint density at radius 1 is 1.00 bits per heavy atom. The molecule has 0 aliphatic rings. The van der Waals surface area contributed by atoms with Crippen LogP contribution in [0.3, 0.4) is 0 Å². The topological polar surface area (TPSA) is 78.3 Å². The van der Waals surface area contributed by atoms with E-state index in [4.69, 9.17) is 32.7 Å². The van der Waals surface area contributed by atoms with Gasteiger partial charge in [0.1, 0.15) is 5.75 Å². The van der Waals surface area contributed by atoms with E-state index < -0.39 is 0 Å². The van der Waals surface area contributed by atoms with Crippen LogP contribution in [0.2, 0.25) is 10.0 Å². The van der Waals surface area contributed by atoms with E-state index in [-0.39, 0.29) is 11.9 Å². The Morgan fingerprint density at radius 3 is 2.58 bits per heavy atom. The van der Waals surface area contributed by atoms with Gasteiger partial charge in [0.2, 0.25) is 0 Å². The molecule has 192 valence electrons. The normalized spacial score (nSPS) is 10.8. The molecule has 0 saturated heterocycles. The van der Waals surface area contributed by atoms with Crippen LogP contribution in [0.15, 0.2) is 84.2 Å². The highest BCUT2D eigenvalue weighted by atomic mass is 35.5. The van der Waals surface area contributed by atoms with Crippen molar-refractivity contribution in [2.75, 3.05) is 19.0 Å². The van der Waals surface area contributed by atoms with E-state index in [0.717, 1.165) is 11.3 Å². The number of nitrogens with zero attached hydrogens (tertiary/aromatic N) is 3. The summed E-state index contributed by atoms with van der Waals surface area (Å²) in [5.74, 6) is 1.14. The minimum atomic E-state index is -0.178. The van der Waals surface area contributed by atoms with E-state index in [1.165, 1.54) is 11.3 Å². The third-order valence-electron chi connectivity index (χ3n) is 5.64. The molecular weight excluding hydrogens is 543 g/mol. The van der Waals surface area contributed by atoms with Gasteiger partial charge in [-0.05, 0) is 65.5 Å². The number of amides is 1. The number of halogens is 2. The predicted molar refractivity (Wildman–Crippen MR) is 151 cm³/mol. The number of aromatic nitrogens is 3.